The number of ether oxygens (including phenoxy) is 1. The first-order chi connectivity index (χ1) is 12.1. The molecule has 3 heterocycles. The highest BCUT2D eigenvalue weighted by atomic mass is 32.1. The Hall–Kier alpha value is -2.92. The molecule has 0 unspecified atom stereocenters. The lowest BCUT2D eigenvalue weighted by Gasteiger charge is -2.08. The fourth-order valence-electron chi connectivity index (χ4n) is 2.93. The van der Waals surface area contributed by atoms with Gasteiger partial charge in [0.2, 0.25) is 0 Å². The summed E-state index contributed by atoms with van der Waals surface area (Å²) in [5, 5.41) is 0.992. The molecule has 0 atom stereocenters. The number of aryl methyl sites for hydroxylation is 2. The standard InChI is InChI=1S/C20H16N2O2S/c1-13-12-14(2)21-19-16(13)17(22-10-6-7-11-22)18(25-19)20(23)24-15-8-4-3-5-9-15/h3-12H,1-2H3. The Bertz CT molecular complexity index is 1050. The fourth-order valence-corrected chi connectivity index (χ4v) is 4.11. The average Bonchev–Trinajstić information content (AvgIpc) is 3.22. The summed E-state index contributed by atoms with van der Waals surface area (Å²) in [7, 11) is 0. The van der Waals surface area contributed by atoms with Gasteiger partial charge >= 0.3 is 5.97 Å². The molecule has 0 spiro atoms. The molecule has 5 heteroatoms. The lowest BCUT2D eigenvalue weighted by molar-refractivity contribution is 0.0740. The molecule has 4 nitrogen and oxygen atoms in total. The van der Waals surface area contributed by atoms with Gasteiger partial charge in [-0.05, 0) is 49.7 Å². The van der Waals surface area contributed by atoms with Gasteiger partial charge in [0.05, 0.1) is 5.69 Å². The number of carbonyl (C=O) groups is 1. The van der Waals surface area contributed by atoms with Gasteiger partial charge in [-0.25, -0.2) is 9.78 Å². The van der Waals surface area contributed by atoms with Crippen LogP contribution >= 0.6 is 11.3 Å². The molecule has 4 rings (SSSR count). The van der Waals surface area contributed by atoms with Crippen molar-refractivity contribution >= 4 is 27.5 Å². The molecule has 0 saturated carbocycles. The molecule has 124 valence electrons. The molecular weight excluding hydrogens is 332 g/mol. The van der Waals surface area contributed by atoms with Gasteiger partial charge in [0, 0.05) is 23.5 Å². The van der Waals surface area contributed by atoms with Crippen LogP contribution in [0, 0.1) is 13.8 Å². The summed E-state index contributed by atoms with van der Waals surface area (Å²) in [6, 6.07) is 15.0. The molecule has 25 heavy (non-hydrogen) atoms. The van der Waals surface area contributed by atoms with Gasteiger partial charge < -0.3 is 9.30 Å². The predicted molar refractivity (Wildman–Crippen MR) is 99.8 cm³/mol. The summed E-state index contributed by atoms with van der Waals surface area (Å²) >= 11 is 1.37. The molecule has 0 aliphatic heterocycles. The van der Waals surface area contributed by atoms with Gasteiger partial charge in [0.1, 0.15) is 15.5 Å². The highest BCUT2D eigenvalue weighted by molar-refractivity contribution is 7.21. The number of para-hydroxylation sites is 1. The molecule has 0 bridgehead atoms. The van der Waals surface area contributed by atoms with Gasteiger partial charge in [-0.15, -0.1) is 11.3 Å². The van der Waals surface area contributed by atoms with Crippen molar-refractivity contribution in [1.82, 2.24) is 9.55 Å². The van der Waals surface area contributed by atoms with Crippen LogP contribution in [0.15, 0.2) is 60.9 Å². The molecule has 0 fully saturated rings. The minimum atomic E-state index is -0.366. The van der Waals surface area contributed by atoms with E-state index in [4.69, 9.17) is 4.74 Å². The highest BCUT2D eigenvalue weighted by Crippen LogP contribution is 2.36. The van der Waals surface area contributed by atoms with Crippen LogP contribution in [0.2, 0.25) is 0 Å². The Labute approximate surface area is 149 Å². The Kier molecular flexibility index (Phi) is 3.86. The summed E-state index contributed by atoms with van der Waals surface area (Å²) in [5.41, 5.74) is 2.87. The minimum Gasteiger partial charge on any atom is -0.422 e. The summed E-state index contributed by atoms with van der Waals surface area (Å²) in [5.74, 6) is 0.166. The summed E-state index contributed by atoms with van der Waals surface area (Å²) < 4.78 is 7.52. The van der Waals surface area contributed by atoms with Crippen LogP contribution in [-0.2, 0) is 0 Å². The van der Waals surface area contributed by atoms with Gasteiger partial charge in [0.15, 0.2) is 0 Å². The lowest BCUT2D eigenvalue weighted by Crippen LogP contribution is -2.09. The van der Waals surface area contributed by atoms with Crippen molar-refractivity contribution < 1.29 is 9.53 Å². The van der Waals surface area contributed by atoms with E-state index < -0.39 is 0 Å². The van der Waals surface area contributed by atoms with Crippen molar-refractivity contribution in [3.63, 3.8) is 0 Å². The summed E-state index contributed by atoms with van der Waals surface area (Å²) in [4.78, 5) is 18.9. The largest absolute Gasteiger partial charge is 0.422 e. The zero-order valence-electron chi connectivity index (χ0n) is 13.9. The minimum absolute atomic E-state index is 0.366. The molecule has 4 aromatic rings. The molecule has 3 aromatic heterocycles. The number of carbonyl (C=O) groups excluding carboxylic acids is 1. The molecule has 1 aromatic carbocycles. The second kappa shape index (κ2) is 6.18. The smallest absolute Gasteiger partial charge is 0.355 e. The van der Waals surface area contributed by atoms with Gasteiger partial charge in [-0.2, -0.15) is 0 Å². The zero-order chi connectivity index (χ0) is 17.4. The topological polar surface area (TPSA) is 44.1 Å². The molecular formula is C20H16N2O2S. The number of thiophene rings is 1. The number of rotatable bonds is 3. The first kappa shape index (κ1) is 15.6. The van der Waals surface area contributed by atoms with Gasteiger partial charge in [-0.3, -0.25) is 0 Å². The van der Waals surface area contributed by atoms with E-state index in [2.05, 4.69) is 4.98 Å². The molecule has 0 saturated heterocycles. The third-order valence-corrected chi connectivity index (χ3v) is 5.02. The van der Waals surface area contributed by atoms with Crippen LogP contribution in [0.5, 0.6) is 5.75 Å². The van der Waals surface area contributed by atoms with Crippen molar-refractivity contribution in [3.8, 4) is 11.4 Å². The number of benzene rings is 1. The maximum atomic E-state index is 12.8. The van der Waals surface area contributed by atoms with E-state index in [1.54, 1.807) is 12.1 Å². The number of hydrogen-bond acceptors (Lipinski definition) is 4. The first-order valence-electron chi connectivity index (χ1n) is 7.95. The van der Waals surface area contributed by atoms with Crippen LogP contribution < -0.4 is 4.74 Å². The highest BCUT2D eigenvalue weighted by Gasteiger charge is 2.23. The van der Waals surface area contributed by atoms with E-state index in [1.807, 2.05) is 67.2 Å². The van der Waals surface area contributed by atoms with E-state index in [0.29, 0.717) is 10.6 Å². The van der Waals surface area contributed by atoms with E-state index in [-0.39, 0.29) is 5.97 Å². The fraction of sp³-hybridized carbons (Fsp3) is 0.100. The molecule has 0 aliphatic rings. The number of esters is 1. The van der Waals surface area contributed by atoms with E-state index in [1.165, 1.54) is 11.3 Å². The van der Waals surface area contributed by atoms with E-state index >= 15 is 0 Å². The Morgan fingerprint density at radius 3 is 2.52 bits per heavy atom. The maximum Gasteiger partial charge on any atom is 0.355 e. The van der Waals surface area contributed by atoms with E-state index in [9.17, 15) is 4.79 Å². The molecule has 0 N–H and O–H groups in total. The number of aromatic nitrogens is 2. The van der Waals surface area contributed by atoms with Crippen molar-refractivity contribution in [2.45, 2.75) is 13.8 Å². The maximum absolute atomic E-state index is 12.8. The second-order valence-corrected chi connectivity index (χ2v) is 6.83. The number of fused-ring (bicyclic) bond motifs is 1. The normalized spacial score (nSPS) is 11.0. The third-order valence-electron chi connectivity index (χ3n) is 3.96. The Morgan fingerprint density at radius 2 is 1.80 bits per heavy atom. The lowest BCUT2D eigenvalue weighted by atomic mass is 10.1. The summed E-state index contributed by atoms with van der Waals surface area (Å²) in [6.45, 7) is 4.01. The Morgan fingerprint density at radius 1 is 1.08 bits per heavy atom. The van der Waals surface area contributed by atoms with Gasteiger partial charge in [-0.1, -0.05) is 18.2 Å². The van der Waals surface area contributed by atoms with Crippen LogP contribution in [0.3, 0.4) is 0 Å². The first-order valence-corrected chi connectivity index (χ1v) is 8.76. The second-order valence-electron chi connectivity index (χ2n) is 5.83. The third kappa shape index (κ3) is 2.83. The monoisotopic (exact) mass is 348 g/mol. The van der Waals surface area contributed by atoms with Crippen LogP contribution in [0.25, 0.3) is 15.9 Å². The van der Waals surface area contributed by atoms with E-state index in [0.717, 1.165) is 27.2 Å². The molecule has 0 aliphatic carbocycles. The van der Waals surface area contributed by atoms with Crippen molar-refractivity contribution in [2.24, 2.45) is 0 Å². The van der Waals surface area contributed by atoms with Crippen LogP contribution in [-0.4, -0.2) is 15.5 Å². The van der Waals surface area contributed by atoms with Crippen LogP contribution in [0.1, 0.15) is 20.9 Å². The van der Waals surface area contributed by atoms with Crippen molar-refractivity contribution in [2.75, 3.05) is 0 Å². The van der Waals surface area contributed by atoms with Gasteiger partial charge in [0.25, 0.3) is 0 Å². The zero-order valence-corrected chi connectivity index (χ0v) is 14.7. The van der Waals surface area contributed by atoms with Crippen molar-refractivity contribution in [1.29, 1.82) is 0 Å². The van der Waals surface area contributed by atoms with Crippen LogP contribution in [0.4, 0.5) is 0 Å². The molecule has 0 radical (unpaired) electrons. The predicted octanol–water partition coefficient (Wildman–Crippen LogP) is 4.92. The average molecular weight is 348 g/mol. The quantitative estimate of drug-likeness (QED) is 0.390. The van der Waals surface area contributed by atoms with Crippen molar-refractivity contribution in [3.05, 3.63) is 77.1 Å². The SMILES string of the molecule is Cc1cc(C)c2c(-n3cccc3)c(C(=O)Oc3ccccc3)sc2n1. The summed E-state index contributed by atoms with van der Waals surface area (Å²) in [6.07, 6.45) is 3.86. The number of nitrogens with zero attached hydrogens (tertiary/aromatic N) is 2. The number of hydrogen-bond donors (Lipinski definition) is 0. The number of pyridine rings is 1. The molecule has 0 amide bonds. The Balaban J connectivity index is 1.89.